The molecule has 0 aromatic carbocycles. The summed E-state index contributed by atoms with van der Waals surface area (Å²) in [4.78, 5) is 0. The van der Waals surface area contributed by atoms with Crippen molar-refractivity contribution in [1.29, 1.82) is 0 Å². The molecule has 0 spiro atoms. The molecule has 0 amide bonds. The van der Waals surface area contributed by atoms with Crippen molar-refractivity contribution in [1.82, 2.24) is 0 Å². The monoisotopic (exact) mass is 195 g/mol. The topological polar surface area (TPSA) is 134 Å². The van der Waals surface area contributed by atoms with Gasteiger partial charge in [0.2, 0.25) is 0 Å². The number of rotatable bonds is 5. The van der Waals surface area contributed by atoms with Gasteiger partial charge in [0.05, 0.1) is 12.8 Å². The van der Waals surface area contributed by atoms with Gasteiger partial charge in [-0.2, -0.15) is 0 Å². The first kappa shape index (κ1) is 12.3. The lowest BCUT2D eigenvalue weighted by molar-refractivity contribution is -0.100. The molecule has 0 saturated carbocycles. The molecule has 0 bridgehead atoms. The van der Waals surface area contributed by atoms with Gasteiger partial charge >= 0.3 is 0 Å². The number of aliphatic hydroxyl groups excluding tert-OH is 5. The van der Waals surface area contributed by atoms with Gasteiger partial charge < -0.3 is 30.7 Å². The molecule has 13 heavy (non-hydrogen) atoms. The maximum Gasteiger partial charge on any atom is 0.121 e. The van der Waals surface area contributed by atoms with Crippen molar-refractivity contribution in [3.63, 3.8) is 0 Å². The number of nitrogens with zero attached hydrogens (tertiary/aromatic N) is 1. The van der Waals surface area contributed by atoms with E-state index in [2.05, 4.69) is 5.16 Å². The fraction of sp³-hybridized carbons (Fsp3) is 0.833. The van der Waals surface area contributed by atoms with Gasteiger partial charge in [0.25, 0.3) is 0 Å². The number of oxime groups is 1. The van der Waals surface area contributed by atoms with Crippen LogP contribution in [0.15, 0.2) is 5.16 Å². The van der Waals surface area contributed by atoms with E-state index < -0.39 is 31.0 Å². The van der Waals surface area contributed by atoms with Crippen molar-refractivity contribution < 1.29 is 30.7 Å². The van der Waals surface area contributed by atoms with E-state index in [1.54, 1.807) is 0 Å². The van der Waals surface area contributed by atoms with Crippen LogP contribution >= 0.6 is 0 Å². The molecule has 0 aliphatic rings. The second kappa shape index (κ2) is 5.84. The van der Waals surface area contributed by atoms with Gasteiger partial charge in [-0.1, -0.05) is 5.16 Å². The molecular weight excluding hydrogens is 182 g/mol. The van der Waals surface area contributed by atoms with E-state index >= 15 is 0 Å². The van der Waals surface area contributed by atoms with E-state index in [0.717, 1.165) is 0 Å². The molecule has 0 aliphatic heterocycles. The Morgan fingerprint density at radius 3 is 2.00 bits per heavy atom. The highest BCUT2D eigenvalue weighted by Gasteiger charge is 2.29. The molecule has 4 atom stereocenters. The molecule has 0 saturated heterocycles. The lowest BCUT2D eigenvalue weighted by Gasteiger charge is -2.23. The molecule has 0 heterocycles. The van der Waals surface area contributed by atoms with E-state index in [-0.39, 0.29) is 0 Å². The summed E-state index contributed by atoms with van der Waals surface area (Å²) in [5.41, 5.74) is 0. The number of hydrogen-bond donors (Lipinski definition) is 6. The van der Waals surface area contributed by atoms with E-state index in [1.165, 1.54) is 0 Å². The third-order valence-electron chi connectivity index (χ3n) is 1.50. The van der Waals surface area contributed by atoms with Crippen LogP contribution < -0.4 is 0 Å². The Hall–Kier alpha value is -0.730. The van der Waals surface area contributed by atoms with Crippen LogP contribution in [0.4, 0.5) is 0 Å². The minimum Gasteiger partial charge on any atom is -0.411 e. The van der Waals surface area contributed by atoms with Crippen LogP contribution in [0, 0.1) is 0 Å². The van der Waals surface area contributed by atoms with Gasteiger partial charge in [-0.05, 0) is 0 Å². The molecule has 0 rings (SSSR count). The van der Waals surface area contributed by atoms with Crippen molar-refractivity contribution in [2.24, 2.45) is 5.16 Å². The highest BCUT2D eigenvalue weighted by atomic mass is 16.4. The first-order valence-corrected chi connectivity index (χ1v) is 3.55. The average Bonchev–Trinajstić information content (AvgIpc) is 2.14. The number of aliphatic hydroxyl groups is 5. The van der Waals surface area contributed by atoms with Gasteiger partial charge in [-0.3, -0.25) is 0 Å². The molecule has 78 valence electrons. The van der Waals surface area contributed by atoms with Crippen LogP contribution in [-0.4, -0.2) is 68.0 Å². The van der Waals surface area contributed by atoms with Crippen LogP contribution in [0.1, 0.15) is 0 Å². The van der Waals surface area contributed by atoms with Crippen LogP contribution in [0.3, 0.4) is 0 Å². The highest BCUT2D eigenvalue weighted by Crippen LogP contribution is 2.03. The minimum atomic E-state index is -1.72. The second-order valence-electron chi connectivity index (χ2n) is 2.49. The Labute approximate surface area is 74.2 Å². The van der Waals surface area contributed by atoms with E-state index in [1.807, 2.05) is 0 Å². The fourth-order valence-corrected chi connectivity index (χ4v) is 0.694. The SMILES string of the molecule is OC[C@H](O)[C@H](O)[C@@H](O)[C@H](O)/C=N\O. The summed E-state index contributed by atoms with van der Waals surface area (Å²) in [7, 11) is 0. The largest absolute Gasteiger partial charge is 0.411 e. The summed E-state index contributed by atoms with van der Waals surface area (Å²) in [6, 6.07) is 0. The summed E-state index contributed by atoms with van der Waals surface area (Å²) >= 11 is 0. The third kappa shape index (κ3) is 3.66. The summed E-state index contributed by atoms with van der Waals surface area (Å²) in [5, 5.41) is 54.6. The molecule has 0 aromatic heterocycles. The second-order valence-corrected chi connectivity index (χ2v) is 2.49. The molecule has 0 unspecified atom stereocenters. The molecule has 7 nitrogen and oxygen atoms in total. The lowest BCUT2D eigenvalue weighted by Crippen LogP contribution is -2.46. The van der Waals surface area contributed by atoms with E-state index in [9.17, 15) is 0 Å². The van der Waals surface area contributed by atoms with E-state index in [4.69, 9.17) is 30.7 Å². The van der Waals surface area contributed by atoms with Crippen molar-refractivity contribution in [2.75, 3.05) is 6.61 Å². The van der Waals surface area contributed by atoms with Crippen molar-refractivity contribution in [2.45, 2.75) is 24.4 Å². The summed E-state index contributed by atoms with van der Waals surface area (Å²) in [6.07, 6.45) is -6.02. The average molecular weight is 195 g/mol. The third-order valence-corrected chi connectivity index (χ3v) is 1.50. The molecule has 6 N–H and O–H groups in total. The van der Waals surface area contributed by atoms with Crippen LogP contribution in [0.5, 0.6) is 0 Å². The zero-order valence-corrected chi connectivity index (χ0v) is 6.72. The van der Waals surface area contributed by atoms with Crippen molar-refractivity contribution >= 4 is 6.21 Å². The standard InChI is InChI=1S/C6H13NO6/c8-2-4(10)6(12)5(11)3(9)1-7-13/h1,3-6,8-13H,2H2/b7-1-/t3-,4+,5+,6+/m1/s1. The predicted octanol–water partition coefficient (Wildman–Crippen LogP) is -3.12. The fourth-order valence-electron chi connectivity index (χ4n) is 0.694. The Morgan fingerprint density at radius 1 is 1.08 bits per heavy atom. The molecule has 0 aliphatic carbocycles. The first-order chi connectivity index (χ1) is 6.04. The Kier molecular flexibility index (Phi) is 5.51. The van der Waals surface area contributed by atoms with Gasteiger partial charge in [0.1, 0.15) is 24.4 Å². The van der Waals surface area contributed by atoms with Gasteiger partial charge in [0, 0.05) is 0 Å². The Balaban J connectivity index is 4.15. The van der Waals surface area contributed by atoms with Crippen LogP contribution in [0.25, 0.3) is 0 Å². The zero-order chi connectivity index (χ0) is 10.4. The molecule has 0 aromatic rings. The highest BCUT2D eigenvalue weighted by molar-refractivity contribution is 5.62. The van der Waals surface area contributed by atoms with Crippen molar-refractivity contribution in [3.8, 4) is 0 Å². The van der Waals surface area contributed by atoms with Gasteiger partial charge in [-0.25, -0.2) is 0 Å². The van der Waals surface area contributed by atoms with Crippen LogP contribution in [-0.2, 0) is 0 Å². The van der Waals surface area contributed by atoms with Crippen LogP contribution in [0.2, 0.25) is 0 Å². The van der Waals surface area contributed by atoms with Gasteiger partial charge in [-0.15, -0.1) is 0 Å². The summed E-state index contributed by atoms with van der Waals surface area (Å²) in [5.74, 6) is 0. The first-order valence-electron chi connectivity index (χ1n) is 3.55. The zero-order valence-electron chi connectivity index (χ0n) is 6.72. The minimum absolute atomic E-state index is 0.581. The van der Waals surface area contributed by atoms with Crippen molar-refractivity contribution in [3.05, 3.63) is 0 Å². The molecule has 0 fully saturated rings. The molecular formula is C6H13NO6. The smallest absolute Gasteiger partial charge is 0.121 e. The molecule has 0 radical (unpaired) electrons. The maximum atomic E-state index is 9.05. The quantitative estimate of drug-likeness (QED) is 0.156. The Bertz CT molecular complexity index is 163. The number of hydrogen-bond acceptors (Lipinski definition) is 7. The lowest BCUT2D eigenvalue weighted by atomic mass is 10.0. The predicted molar refractivity (Wildman–Crippen MR) is 41.4 cm³/mol. The molecule has 7 heteroatoms. The summed E-state index contributed by atoms with van der Waals surface area (Å²) in [6.45, 7) is -0.749. The van der Waals surface area contributed by atoms with E-state index in [0.29, 0.717) is 6.21 Å². The maximum absolute atomic E-state index is 9.05. The normalized spacial score (nSPS) is 21.3. The Morgan fingerprint density at radius 2 is 1.62 bits per heavy atom. The van der Waals surface area contributed by atoms with Gasteiger partial charge in [0.15, 0.2) is 0 Å². The summed E-state index contributed by atoms with van der Waals surface area (Å²) < 4.78 is 0.